The normalized spacial score (nSPS) is 17.3. The van der Waals surface area contributed by atoms with E-state index in [9.17, 15) is 5.11 Å². The molecule has 0 saturated carbocycles. The third-order valence-electron chi connectivity index (χ3n) is 3.55. The second kappa shape index (κ2) is 5.02. The zero-order valence-corrected chi connectivity index (χ0v) is 11.4. The van der Waals surface area contributed by atoms with Crippen molar-refractivity contribution in [1.82, 2.24) is 9.88 Å². The van der Waals surface area contributed by atoms with Gasteiger partial charge in [-0.3, -0.25) is 0 Å². The molecule has 0 saturated heterocycles. The summed E-state index contributed by atoms with van der Waals surface area (Å²) in [5.74, 6) is 1.16. The summed E-state index contributed by atoms with van der Waals surface area (Å²) < 4.78 is 0. The van der Waals surface area contributed by atoms with Crippen molar-refractivity contribution in [2.24, 2.45) is 4.99 Å². The van der Waals surface area contributed by atoms with E-state index in [1.807, 2.05) is 4.90 Å². The van der Waals surface area contributed by atoms with Gasteiger partial charge in [-0.2, -0.15) is 0 Å². The predicted molar refractivity (Wildman–Crippen MR) is 79.9 cm³/mol. The molecule has 1 atom stereocenters. The number of hydrogen-bond donors (Lipinski definition) is 3. The number of aromatic amines is 1. The van der Waals surface area contributed by atoms with Crippen LogP contribution in [0.4, 0.5) is 11.6 Å². The minimum Gasteiger partial charge on any atom is -0.385 e. The molecule has 0 spiro atoms. The van der Waals surface area contributed by atoms with Crippen molar-refractivity contribution in [3.63, 3.8) is 0 Å². The molecule has 1 aliphatic heterocycles. The van der Waals surface area contributed by atoms with Crippen LogP contribution in [0.2, 0.25) is 0 Å². The number of aliphatic hydroxyl groups excluding tert-OH is 1. The zero-order valence-electron chi connectivity index (χ0n) is 11.4. The molecule has 0 bridgehead atoms. The van der Waals surface area contributed by atoms with Gasteiger partial charge in [-0.05, 0) is 25.0 Å². The van der Waals surface area contributed by atoms with Gasteiger partial charge in [-0.25, -0.2) is 4.99 Å². The molecule has 0 aliphatic carbocycles. The summed E-state index contributed by atoms with van der Waals surface area (Å²) in [6.45, 7) is 2.78. The maximum absolute atomic E-state index is 10.3. The first-order chi connectivity index (χ1) is 9.63. The fraction of sp³-hybridized carbons (Fsp3) is 0.267. The molecular formula is C15H18N4O. The molecule has 3 rings (SSSR count). The molecule has 0 fully saturated rings. The summed E-state index contributed by atoms with van der Waals surface area (Å²) in [7, 11) is 0. The SMILES string of the molecule is Cc1ccc(CCN2C=Nc3[nH]c(N)cc3C2O)cc1. The molecule has 20 heavy (non-hydrogen) atoms. The van der Waals surface area contributed by atoms with Crippen LogP contribution in [0.1, 0.15) is 22.9 Å². The third-order valence-corrected chi connectivity index (χ3v) is 3.55. The van der Waals surface area contributed by atoms with Gasteiger partial charge in [0.05, 0.1) is 6.34 Å². The quantitative estimate of drug-likeness (QED) is 0.799. The number of nitrogens with two attached hydrogens (primary N) is 1. The molecule has 1 aliphatic rings. The van der Waals surface area contributed by atoms with E-state index in [2.05, 4.69) is 41.2 Å². The summed E-state index contributed by atoms with van der Waals surface area (Å²) in [6.07, 6.45) is 1.83. The number of fused-ring (bicyclic) bond motifs is 1. The van der Waals surface area contributed by atoms with Crippen LogP contribution >= 0.6 is 0 Å². The van der Waals surface area contributed by atoms with Crippen molar-refractivity contribution in [2.45, 2.75) is 19.6 Å². The van der Waals surface area contributed by atoms with Gasteiger partial charge in [0.15, 0.2) is 6.23 Å². The molecule has 1 aromatic heterocycles. The molecule has 2 aromatic rings. The largest absolute Gasteiger partial charge is 0.385 e. The highest BCUT2D eigenvalue weighted by molar-refractivity contribution is 5.68. The number of nitrogens with one attached hydrogen (secondary N) is 1. The monoisotopic (exact) mass is 270 g/mol. The Hall–Kier alpha value is -2.27. The van der Waals surface area contributed by atoms with Crippen molar-refractivity contribution < 1.29 is 5.11 Å². The van der Waals surface area contributed by atoms with Crippen LogP contribution in [0.15, 0.2) is 35.3 Å². The number of nitrogen functional groups attached to an aromatic ring is 1. The topological polar surface area (TPSA) is 77.6 Å². The first-order valence-electron chi connectivity index (χ1n) is 6.65. The van der Waals surface area contributed by atoms with E-state index in [1.165, 1.54) is 11.1 Å². The molecule has 1 unspecified atom stereocenters. The lowest BCUT2D eigenvalue weighted by molar-refractivity contribution is 0.0552. The molecule has 5 nitrogen and oxygen atoms in total. The maximum atomic E-state index is 10.3. The molecular weight excluding hydrogens is 252 g/mol. The molecule has 104 valence electrons. The van der Waals surface area contributed by atoms with Gasteiger partial charge in [0, 0.05) is 12.1 Å². The molecule has 5 heteroatoms. The summed E-state index contributed by atoms with van der Waals surface area (Å²) in [5.41, 5.74) is 8.91. The lowest BCUT2D eigenvalue weighted by Crippen LogP contribution is -2.31. The van der Waals surface area contributed by atoms with Gasteiger partial charge in [-0.1, -0.05) is 29.8 Å². The van der Waals surface area contributed by atoms with E-state index in [0.717, 1.165) is 12.0 Å². The summed E-state index contributed by atoms with van der Waals surface area (Å²) in [6, 6.07) is 10.2. The Labute approximate surface area is 117 Å². The molecule has 2 heterocycles. The van der Waals surface area contributed by atoms with Crippen LogP contribution in [0, 0.1) is 6.92 Å². The first-order valence-corrected chi connectivity index (χ1v) is 6.65. The number of aryl methyl sites for hydroxylation is 1. The summed E-state index contributed by atoms with van der Waals surface area (Å²) in [5, 5.41) is 10.3. The van der Waals surface area contributed by atoms with Crippen LogP contribution in [-0.4, -0.2) is 27.9 Å². The van der Waals surface area contributed by atoms with Crippen molar-refractivity contribution in [3.8, 4) is 0 Å². The number of hydrogen-bond acceptors (Lipinski definition) is 4. The lowest BCUT2D eigenvalue weighted by atomic mass is 10.1. The van der Waals surface area contributed by atoms with E-state index in [-0.39, 0.29) is 0 Å². The van der Waals surface area contributed by atoms with Gasteiger partial charge < -0.3 is 20.7 Å². The smallest absolute Gasteiger partial charge is 0.157 e. The number of benzene rings is 1. The number of nitrogens with zero attached hydrogens (tertiary/aromatic N) is 2. The molecule has 0 amide bonds. The predicted octanol–water partition coefficient (Wildman–Crippen LogP) is 2.11. The first kappa shape index (κ1) is 12.7. The van der Waals surface area contributed by atoms with Crippen LogP contribution in [0.5, 0.6) is 0 Å². The number of aromatic nitrogens is 1. The van der Waals surface area contributed by atoms with E-state index < -0.39 is 6.23 Å². The zero-order chi connectivity index (χ0) is 14.1. The van der Waals surface area contributed by atoms with Gasteiger partial charge in [0.25, 0.3) is 0 Å². The minimum absolute atomic E-state index is 0.520. The molecule has 4 N–H and O–H groups in total. The van der Waals surface area contributed by atoms with E-state index in [0.29, 0.717) is 18.2 Å². The Bertz CT molecular complexity index is 630. The number of rotatable bonds is 3. The van der Waals surface area contributed by atoms with Crippen molar-refractivity contribution >= 4 is 18.0 Å². The fourth-order valence-electron chi connectivity index (χ4n) is 2.35. The average Bonchev–Trinajstić information content (AvgIpc) is 2.81. The highest BCUT2D eigenvalue weighted by atomic mass is 16.3. The Balaban J connectivity index is 1.68. The molecule has 0 radical (unpaired) electrons. The number of aliphatic imine (C=N–C) groups is 1. The summed E-state index contributed by atoms with van der Waals surface area (Å²) in [4.78, 5) is 9.01. The van der Waals surface area contributed by atoms with Gasteiger partial charge in [0.2, 0.25) is 0 Å². The van der Waals surface area contributed by atoms with Crippen molar-refractivity contribution in [2.75, 3.05) is 12.3 Å². The number of H-pyrrole nitrogens is 1. The van der Waals surface area contributed by atoms with Crippen LogP contribution in [0.3, 0.4) is 0 Å². The Kier molecular flexibility index (Phi) is 3.20. The van der Waals surface area contributed by atoms with Crippen LogP contribution < -0.4 is 5.73 Å². The minimum atomic E-state index is -0.693. The van der Waals surface area contributed by atoms with E-state index in [4.69, 9.17) is 5.73 Å². The second-order valence-electron chi connectivity index (χ2n) is 5.12. The van der Waals surface area contributed by atoms with Gasteiger partial charge in [0.1, 0.15) is 11.6 Å². The lowest BCUT2D eigenvalue weighted by Gasteiger charge is -2.28. The molecule has 1 aromatic carbocycles. The maximum Gasteiger partial charge on any atom is 0.157 e. The van der Waals surface area contributed by atoms with E-state index in [1.54, 1.807) is 12.4 Å². The number of aliphatic hydroxyl groups is 1. The number of anilines is 1. The van der Waals surface area contributed by atoms with Gasteiger partial charge in [-0.15, -0.1) is 0 Å². The van der Waals surface area contributed by atoms with Crippen molar-refractivity contribution in [1.29, 1.82) is 0 Å². The van der Waals surface area contributed by atoms with Crippen LogP contribution in [0.25, 0.3) is 0 Å². The van der Waals surface area contributed by atoms with Crippen molar-refractivity contribution in [3.05, 3.63) is 47.0 Å². The second-order valence-corrected chi connectivity index (χ2v) is 5.12. The third kappa shape index (κ3) is 2.40. The van der Waals surface area contributed by atoms with Crippen LogP contribution in [-0.2, 0) is 6.42 Å². The highest BCUT2D eigenvalue weighted by Gasteiger charge is 2.23. The Morgan fingerprint density at radius 1 is 1.35 bits per heavy atom. The average molecular weight is 270 g/mol. The Morgan fingerprint density at radius 3 is 2.85 bits per heavy atom. The summed E-state index contributed by atoms with van der Waals surface area (Å²) >= 11 is 0. The Morgan fingerprint density at radius 2 is 2.10 bits per heavy atom. The fourth-order valence-corrected chi connectivity index (χ4v) is 2.35. The standard InChI is InChI=1S/C15H18N4O/c1-10-2-4-11(5-3-10)6-7-19-9-17-14-12(15(19)20)8-13(16)18-14/h2-5,8-9,15,18,20H,6-7,16H2,1H3. The van der Waals surface area contributed by atoms with Gasteiger partial charge >= 0.3 is 0 Å². The van der Waals surface area contributed by atoms with E-state index >= 15 is 0 Å². The highest BCUT2D eigenvalue weighted by Crippen LogP contribution is 2.32.